The fourth-order valence-corrected chi connectivity index (χ4v) is 3.25. The molecule has 0 spiro atoms. The Kier molecular flexibility index (Phi) is 4.99. The molecule has 5 heteroatoms. The molecule has 1 aliphatic rings. The highest BCUT2D eigenvalue weighted by Gasteiger charge is 2.33. The van der Waals surface area contributed by atoms with Gasteiger partial charge in [-0.2, -0.15) is 0 Å². The number of carbonyl (C=O) groups is 1. The molecular formula is C14H16Cl3NO. The van der Waals surface area contributed by atoms with Crippen molar-refractivity contribution >= 4 is 40.7 Å². The number of hydrogen-bond acceptors (Lipinski definition) is 1. The van der Waals surface area contributed by atoms with Gasteiger partial charge in [0.05, 0.1) is 10.6 Å². The Morgan fingerprint density at radius 2 is 1.95 bits per heavy atom. The van der Waals surface area contributed by atoms with Gasteiger partial charge in [0.25, 0.3) is 5.91 Å². The lowest BCUT2D eigenvalue weighted by molar-refractivity contribution is 0.0935. The molecule has 1 aromatic rings. The molecule has 0 aliphatic heterocycles. The van der Waals surface area contributed by atoms with Crippen LogP contribution in [0.4, 0.5) is 0 Å². The second kappa shape index (κ2) is 6.34. The Hall–Kier alpha value is -0.440. The minimum atomic E-state index is -0.191. The highest BCUT2D eigenvalue weighted by molar-refractivity contribution is 6.35. The van der Waals surface area contributed by atoms with Crippen LogP contribution in [0.5, 0.6) is 0 Å². The average Bonchev–Trinajstić information content (AvgIpc) is 2.88. The topological polar surface area (TPSA) is 29.1 Å². The predicted molar refractivity (Wildman–Crippen MR) is 80.4 cm³/mol. The van der Waals surface area contributed by atoms with E-state index in [1.54, 1.807) is 18.2 Å². The number of alkyl halides is 1. The third-order valence-electron chi connectivity index (χ3n) is 3.74. The van der Waals surface area contributed by atoms with Gasteiger partial charge >= 0.3 is 0 Å². The summed E-state index contributed by atoms with van der Waals surface area (Å²) in [6, 6.07) is 4.88. The maximum absolute atomic E-state index is 12.1. The van der Waals surface area contributed by atoms with Crippen LogP contribution in [0.15, 0.2) is 18.2 Å². The van der Waals surface area contributed by atoms with Gasteiger partial charge in [0.2, 0.25) is 0 Å². The Bertz CT molecular complexity index is 470. The van der Waals surface area contributed by atoms with Gasteiger partial charge in [0.15, 0.2) is 0 Å². The lowest BCUT2D eigenvalue weighted by Gasteiger charge is -2.26. The molecule has 0 aromatic heterocycles. The Labute approximate surface area is 128 Å². The number of halogens is 3. The lowest BCUT2D eigenvalue weighted by atomic mass is 9.88. The average molecular weight is 321 g/mol. The molecule has 1 fully saturated rings. The van der Waals surface area contributed by atoms with Crippen molar-refractivity contribution < 1.29 is 4.79 Å². The van der Waals surface area contributed by atoms with Crippen LogP contribution in [0.1, 0.15) is 36.0 Å². The van der Waals surface area contributed by atoms with E-state index < -0.39 is 0 Å². The maximum Gasteiger partial charge on any atom is 0.252 e. The molecule has 1 N–H and O–H groups in total. The van der Waals surface area contributed by atoms with Crippen LogP contribution in [0.2, 0.25) is 10.0 Å². The lowest BCUT2D eigenvalue weighted by Crippen LogP contribution is -2.37. The van der Waals surface area contributed by atoms with Gasteiger partial charge in [0, 0.05) is 22.9 Å². The van der Waals surface area contributed by atoms with E-state index in [2.05, 4.69) is 5.32 Å². The van der Waals surface area contributed by atoms with Crippen LogP contribution < -0.4 is 5.32 Å². The first kappa shape index (κ1) is 15.0. The van der Waals surface area contributed by atoms with Crippen LogP contribution in [-0.2, 0) is 0 Å². The molecule has 2 rings (SSSR count). The van der Waals surface area contributed by atoms with Crippen molar-refractivity contribution in [3.05, 3.63) is 33.8 Å². The fourth-order valence-electron chi connectivity index (χ4n) is 2.52. The fraction of sp³-hybridized carbons (Fsp3) is 0.500. The molecule has 1 saturated carbocycles. The van der Waals surface area contributed by atoms with E-state index in [9.17, 15) is 4.79 Å². The van der Waals surface area contributed by atoms with E-state index in [4.69, 9.17) is 34.8 Å². The summed E-state index contributed by atoms with van der Waals surface area (Å²) in [7, 11) is 0. The molecule has 0 bridgehead atoms. The maximum atomic E-state index is 12.1. The summed E-state index contributed by atoms with van der Waals surface area (Å²) < 4.78 is 0. The van der Waals surface area contributed by atoms with Crippen molar-refractivity contribution in [1.82, 2.24) is 5.32 Å². The van der Waals surface area contributed by atoms with Crippen molar-refractivity contribution in [3.63, 3.8) is 0 Å². The molecule has 0 unspecified atom stereocenters. The zero-order valence-corrected chi connectivity index (χ0v) is 12.8. The van der Waals surface area contributed by atoms with Crippen molar-refractivity contribution in [3.8, 4) is 0 Å². The van der Waals surface area contributed by atoms with Gasteiger partial charge < -0.3 is 5.32 Å². The highest BCUT2D eigenvalue weighted by Crippen LogP contribution is 2.38. The number of carbonyl (C=O) groups excluding carboxylic acids is 1. The molecule has 19 heavy (non-hydrogen) atoms. The monoisotopic (exact) mass is 319 g/mol. The van der Waals surface area contributed by atoms with Crippen molar-refractivity contribution in [2.75, 3.05) is 12.4 Å². The number of amides is 1. The predicted octanol–water partition coefficient (Wildman–Crippen LogP) is 4.52. The van der Waals surface area contributed by atoms with E-state index in [1.165, 1.54) is 12.8 Å². The minimum absolute atomic E-state index is 0.0439. The molecular weight excluding hydrogens is 305 g/mol. The molecule has 2 nitrogen and oxygen atoms in total. The second-order valence-electron chi connectivity index (χ2n) is 5.15. The molecule has 0 heterocycles. The van der Waals surface area contributed by atoms with Crippen molar-refractivity contribution in [1.29, 1.82) is 0 Å². The quantitative estimate of drug-likeness (QED) is 0.812. The van der Waals surface area contributed by atoms with Gasteiger partial charge in [-0.3, -0.25) is 4.79 Å². The number of nitrogens with one attached hydrogen (secondary N) is 1. The molecule has 0 atom stereocenters. The highest BCUT2D eigenvalue weighted by atomic mass is 35.5. The zero-order chi connectivity index (χ0) is 13.9. The molecule has 1 aliphatic carbocycles. The van der Waals surface area contributed by atoms with E-state index >= 15 is 0 Å². The summed E-state index contributed by atoms with van der Waals surface area (Å²) in [6.45, 7) is 0.595. The van der Waals surface area contributed by atoms with Crippen LogP contribution in [0.25, 0.3) is 0 Å². The van der Waals surface area contributed by atoms with E-state index in [1.807, 2.05) is 0 Å². The van der Waals surface area contributed by atoms with Gasteiger partial charge in [-0.05, 0) is 31.0 Å². The van der Waals surface area contributed by atoms with Crippen LogP contribution in [0, 0.1) is 5.41 Å². The molecule has 1 amide bonds. The van der Waals surface area contributed by atoms with Gasteiger partial charge in [-0.25, -0.2) is 0 Å². The zero-order valence-electron chi connectivity index (χ0n) is 10.5. The normalized spacial score (nSPS) is 17.4. The second-order valence-corrected chi connectivity index (χ2v) is 6.26. The number of benzene rings is 1. The summed E-state index contributed by atoms with van der Waals surface area (Å²) in [6.07, 6.45) is 4.50. The first-order valence-electron chi connectivity index (χ1n) is 6.36. The van der Waals surface area contributed by atoms with Crippen molar-refractivity contribution in [2.45, 2.75) is 25.7 Å². The van der Waals surface area contributed by atoms with Gasteiger partial charge in [0.1, 0.15) is 0 Å². The first-order chi connectivity index (χ1) is 9.06. The minimum Gasteiger partial charge on any atom is -0.351 e. The van der Waals surface area contributed by atoms with Crippen LogP contribution >= 0.6 is 34.8 Å². The summed E-state index contributed by atoms with van der Waals surface area (Å²) in [5.74, 6) is 0.389. The first-order valence-corrected chi connectivity index (χ1v) is 7.65. The Balaban J connectivity index is 2.03. The summed E-state index contributed by atoms with van der Waals surface area (Å²) in [4.78, 5) is 12.1. The van der Waals surface area contributed by atoms with E-state index in [0.29, 0.717) is 28.0 Å². The third kappa shape index (κ3) is 3.56. The standard InChI is InChI=1S/C14H16Cl3NO/c15-8-14(5-1-2-6-14)9-18-13(19)11-7-10(16)3-4-12(11)17/h3-4,7H,1-2,5-6,8-9H2,(H,18,19). The smallest absolute Gasteiger partial charge is 0.252 e. The van der Waals surface area contributed by atoms with Crippen molar-refractivity contribution in [2.24, 2.45) is 5.41 Å². The molecule has 0 saturated heterocycles. The molecule has 104 valence electrons. The SMILES string of the molecule is O=C(NCC1(CCl)CCCC1)c1cc(Cl)ccc1Cl. The summed E-state index contributed by atoms with van der Waals surface area (Å²) in [5, 5.41) is 3.85. The largest absolute Gasteiger partial charge is 0.351 e. The van der Waals surface area contributed by atoms with Gasteiger partial charge in [-0.1, -0.05) is 36.0 Å². The van der Waals surface area contributed by atoms with E-state index in [0.717, 1.165) is 12.8 Å². The van der Waals surface area contributed by atoms with Crippen LogP contribution in [-0.4, -0.2) is 18.3 Å². The number of hydrogen-bond donors (Lipinski definition) is 1. The summed E-state index contributed by atoms with van der Waals surface area (Å²) in [5.41, 5.74) is 0.458. The number of rotatable bonds is 4. The Morgan fingerprint density at radius 3 is 2.58 bits per heavy atom. The summed E-state index contributed by atoms with van der Waals surface area (Å²) >= 11 is 17.9. The third-order valence-corrected chi connectivity index (χ3v) is 4.88. The molecule has 0 radical (unpaired) electrons. The van der Waals surface area contributed by atoms with Gasteiger partial charge in [-0.15, -0.1) is 11.6 Å². The Morgan fingerprint density at radius 1 is 1.26 bits per heavy atom. The molecule has 1 aromatic carbocycles. The van der Waals surface area contributed by atoms with E-state index in [-0.39, 0.29) is 11.3 Å². The van der Waals surface area contributed by atoms with Crippen LogP contribution in [0.3, 0.4) is 0 Å².